The first-order valence-corrected chi connectivity index (χ1v) is 11.3. The zero-order chi connectivity index (χ0) is 20.5. The fourth-order valence-electron chi connectivity index (χ4n) is 3.29. The van der Waals surface area contributed by atoms with Crippen molar-refractivity contribution in [2.24, 2.45) is 0 Å². The lowest BCUT2D eigenvalue weighted by molar-refractivity contribution is 0.627. The molecule has 6 heteroatoms. The number of hydrogen-bond donors (Lipinski definition) is 0. The largest absolute Gasteiger partial charge is 0.268 e. The van der Waals surface area contributed by atoms with Crippen LogP contribution in [0.1, 0.15) is 28.5 Å². The summed E-state index contributed by atoms with van der Waals surface area (Å²) in [5, 5.41) is 1.36. The first kappa shape index (κ1) is 19.9. The molecule has 2 aromatic heterocycles. The average Bonchev–Trinajstić information content (AvgIpc) is 3.04. The molecule has 0 fully saturated rings. The molecule has 0 saturated heterocycles. The number of thiophene rings is 1. The number of halogens is 1. The Morgan fingerprint density at radius 2 is 1.76 bits per heavy atom. The van der Waals surface area contributed by atoms with Crippen LogP contribution in [0.3, 0.4) is 0 Å². The number of rotatable bonds is 5. The van der Waals surface area contributed by atoms with Gasteiger partial charge in [0.15, 0.2) is 5.16 Å². The maximum absolute atomic E-state index is 13.5. The minimum atomic E-state index is -0.254. The van der Waals surface area contributed by atoms with Crippen LogP contribution in [0.25, 0.3) is 15.9 Å². The van der Waals surface area contributed by atoms with Crippen LogP contribution >= 0.6 is 23.1 Å². The number of benzene rings is 2. The molecule has 0 radical (unpaired) electrons. The zero-order valence-corrected chi connectivity index (χ0v) is 18.2. The third kappa shape index (κ3) is 3.87. The van der Waals surface area contributed by atoms with Crippen molar-refractivity contribution in [1.82, 2.24) is 9.55 Å². The van der Waals surface area contributed by atoms with Gasteiger partial charge in [-0.25, -0.2) is 9.37 Å². The minimum Gasteiger partial charge on any atom is -0.268 e. The highest BCUT2D eigenvalue weighted by molar-refractivity contribution is 7.98. The highest BCUT2D eigenvalue weighted by Gasteiger charge is 2.18. The van der Waals surface area contributed by atoms with Gasteiger partial charge in [-0.15, -0.1) is 11.3 Å². The fourth-order valence-corrected chi connectivity index (χ4v) is 5.42. The maximum atomic E-state index is 13.5. The van der Waals surface area contributed by atoms with Gasteiger partial charge in [-0.3, -0.25) is 9.36 Å². The van der Waals surface area contributed by atoms with Gasteiger partial charge in [0, 0.05) is 10.6 Å². The number of nitrogens with zero attached hydrogens (tertiary/aromatic N) is 2. The van der Waals surface area contributed by atoms with Gasteiger partial charge in [-0.1, -0.05) is 48.5 Å². The van der Waals surface area contributed by atoms with Crippen LogP contribution < -0.4 is 5.56 Å². The highest BCUT2D eigenvalue weighted by atomic mass is 32.2. The van der Waals surface area contributed by atoms with Crippen molar-refractivity contribution in [2.45, 2.75) is 38.1 Å². The molecule has 0 aliphatic rings. The van der Waals surface area contributed by atoms with Gasteiger partial charge in [-0.2, -0.15) is 0 Å². The molecule has 0 aliphatic carbocycles. The van der Waals surface area contributed by atoms with Gasteiger partial charge in [0.1, 0.15) is 10.6 Å². The first-order chi connectivity index (χ1) is 14.0. The third-order valence-electron chi connectivity index (χ3n) is 4.93. The number of hydrogen-bond acceptors (Lipinski definition) is 4. The van der Waals surface area contributed by atoms with Gasteiger partial charge < -0.3 is 0 Å². The van der Waals surface area contributed by atoms with E-state index in [-0.39, 0.29) is 11.4 Å². The van der Waals surface area contributed by atoms with Crippen molar-refractivity contribution in [2.75, 3.05) is 0 Å². The predicted molar refractivity (Wildman–Crippen MR) is 120 cm³/mol. The Balaban J connectivity index is 1.86. The standard InChI is InChI=1S/C23H21FN2OS2/c1-4-19-15(3)20-21(29-19)25-23(28-13-16-7-9-17(24)10-8-16)26(22(20)27)18-11-5-14(2)6-12-18/h5-12H,4,13H2,1-3H3. The van der Waals surface area contributed by atoms with Gasteiger partial charge in [0.2, 0.25) is 0 Å². The van der Waals surface area contributed by atoms with E-state index in [2.05, 4.69) is 6.92 Å². The molecule has 0 saturated carbocycles. The molecule has 4 rings (SSSR count). The molecule has 0 amide bonds. The molecule has 0 unspecified atom stereocenters. The smallest absolute Gasteiger partial charge is 0.267 e. The summed E-state index contributed by atoms with van der Waals surface area (Å²) in [4.78, 5) is 20.4. The molecule has 3 nitrogen and oxygen atoms in total. The van der Waals surface area contributed by atoms with E-state index in [1.807, 2.05) is 38.1 Å². The third-order valence-corrected chi connectivity index (χ3v) is 7.27. The second kappa shape index (κ2) is 8.13. The van der Waals surface area contributed by atoms with Gasteiger partial charge in [0.05, 0.1) is 11.1 Å². The number of fused-ring (bicyclic) bond motifs is 1. The maximum Gasteiger partial charge on any atom is 0.267 e. The van der Waals surface area contributed by atoms with Crippen molar-refractivity contribution in [3.63, 3.8) is 0 Å². The lowest BCUT2D eigenvalue weighted by Gasteiger charge is -2.12. The van der Waals surface area contributed by atoms with Gasteiger partial charge >= 0.3 is 0 Å². The Kier molecular flexibility index (Phi) is 5.56. The Labute approximate surface area is 177 Å². The SMILES string of the molecule is CCc1sc2nc(SCc3ccc(F)cc3)n(-c3ccc(C)cc3)c(=O)c2c1C. The highest BCUT2D eigenvalue weighted by Crippen LogP contribution is 2.31. The first-order valence-electron chi connectivity index (χ1n) is 9.47. The van der Waals surface area contributed by atoms with Crippen LogP contribution in [0.4, 0.5) is 4.39 Å². The molecule has 4 aromatic rings. The van der Waals surface area contributed by atoms with E-state index in [0.717, 1.165) is 33.6 Å². The normalized spacial score (nSPS) is 11.3. The van der Waals surface area contributed by atoms with E-state index in [9.17, 15) is 9.18 Å². The summed E-state index contributed by atoms with van der Waals surface area (Å²) < 4.78 is 14.9. The van der Waals surface area contributed by atoms with Gasteiger partial charge in [-0.05, 0) is 55.7 Å². The molecule has 0 bridgehead atoms. The van der Waals surface area contributed by atoms with E-state index in [4.69, 9.17) is 4.98 Å². The number of aromatic nitrogens is 2. The van der Waals surface area contributed by atoms with Crippen LogP contribution in [0.5, 0.6) is 0 Å². The Hall–Kier alpha value is -2.44. The zero-order valence-electron chi connectivity index (χ0n) is 16.5. The molecule has 0 atom stereocenters. The summed E-state index contributed by atoms with van der Waals surface area (Å²) in [6.45, 7) is 6.13. The molecule has 0 spiro atoms. The fraction of sp³-hybridized carbons (Fsp3) is 0.217. The van der Waals surface area contributed by atoms with Crippen LogP contribution in [-0.4, -0.2) is 9.55 Å². The molecule has 29 heavy (non-hydrogen) atoms. The second-order valence-electron chi connectivity index (χ2n) is 6.97. The summed E-state index contributed by atoms with van der Waals surface area (Å²) in [7, 11) is 0. The number of thioether (sulfide) groups is 1. The van der Waals surface area contributed by atoms with Crippen molar-refractivity contribution >= 4 is 33.3 Å². The molecule has 2 heterocycles. The predicted octanol–water partition coefficient (Wildman–Crippen LogP) is 6.06. The van der Waals surface area contributed by atoms with Crippen molar-refractivity contribution in [3.8, 4) is 5.69 Å². The van der Waals surface area contributed by atoms with Crippen LogP contribution in [0.15, 0.2) is 58.5 Å². The number of aryl methyl sites for hydroxylation is 3. The quantitative estimate of drug-likeness (QED) is 0.289. The Bertz CT molecular complexity index is 1230. The molecule has 0 aliphatic heterocycles. The van der Waals surface area contributed by atoms with Crippen LogP contribution in [0, 0.1) is 19.7 Å². The monoisotopic (exact) mass is 424 g/mol. The van der Waals surface area contributed by atoms with E-state index >= 15 is 0 Å². The van der Waals surface area contributed by atoms with Crippen molar-refractivity contribution < 1.29 is 4.39 Å². The van der Waals surface area contributed by atoms with Crippen LogP contribution in [-0.2, 0) is 12.2 Å². The Morgan fingerprint density at radius 3 is 2.41 bits per heavy atom. The molecular formula is C23H21FN2OS2. The lowest BCUT2D eigenvalue weighted by Crippen LogP contribution is -2.21. The van der Waals surface area contributed by atoms with E-state index in [1.54, 1.807) is 28.0 Å². The second-order valence-corrected chi connectivity index (χ2v) is 9.00. The summed E-state index contributed by atoms with van der Waals surface area (Å²) in [5.74, 6) is 0.353. The summed E-state index contributed by atoms with van der Waals surface area (Å²) in [6, 6.07) is 14.3. The van der Waals surface area contributed by atoms with E-state index < -0.39 is 0 Å². The van der Waals surface area contributed by atoms with Gasteiger partial charge in [0.25, 0.3) is 5.56 Å². The van der Waals surface area contributed by atoms with E-state index in [0.29, 0.717) is 16.3 Å². The summed E-state index contributed by atoms with van der Waals surface area (Å²) >= 11 is 3.09. The van der Waals surface area contributed by atoms with E-state index in [1.165, 1.54) is 28.8 Å². The van der Waals surface area contributed by atoms with Crippen LogP contribution in [0.2, 0.25) is 0 Å². The molecular weight excluding hydrogens is 403 g/mol. The minimum absolute atomic E-state index is 0.0334. The molecule has 148 valence electrons. The van der Waals surface area contributed by atoms with Crippen molar-refractivity contribution in [1.29, 1.82) is 0 Å². The molecule has 0 N–H and O–H groups in total. The Morgan fingerprint density at radius 1 is 1.07 bits per heavy atom. The summed E-state index contributed by atoms with van der Waals surface area (Å²) in [6.07, 6.45) is 0.884. The average molecular weight is 425 g/mol. The topological polar surface area (TPSA) is 34.9 Å². The summed E-state index contributed by atoms with van der Waals surface area (Å²) in [5.41, 5.74) is 3.92. The molecule has 2 aromatic carbocycles. The lowest BCUT2D eigenvalue weighted by atomic mass is 10.2. The van der Waals surface area contributed by atoms with Crippen molar-refractivity contribution in [3.05, 3.63) is 86.3 Å².